The molecule has 0 saturated heterocycles. The Morgan fingerprint density at radius 2 is 1.88 bits per heavy atom. The summed E-state index contributed by atoms with van der Waals surface area (Å²) in [6.07, 6.45) is 0.846. The first-order chi connectivity index (χ1) is 8.25. The van der Waals surface area contributed by atoms with E-state index in [4.69, 9.17) is 0 Å². The molecule has 1 aliphatic carbocycles. The highest BCUT2D eigenvalue weighted by molar-refractivity contribution is 6.05. The number of Topliss-reactive ketones (excluding diaryl/α,β-unsaturated/α-hetero) is 1. The van der Waals surface area contributed by atoms with Crippen LogP contribution in [-0.4, -0.2) is 5.78 Å². The highest BCUT2D eigenvalue weighted by Crippen LogP contribution is 2.33. The smallest absolute Gasteiger partial charge is 0.170 e. The molecule has 0 spiro atoms. The van der Waals surface area contributed by atoms with Crippen molar-refractivity contribution in [2.24, 2.45) is 0 Å². The zero-order valence-electron chi connectivity index (χ0n) is 9.81. The van der Waals surface area contributed by atoms with Crippen LogP contribution in [-0.2, 0) is 6.42 Å². The lowest BCUT2D eigenvalue weighted by Crippen LogP contribution is -2.06. The highest BCUT2D eigenvalue weighted by atomic mass is 16.1. The number of rotatable bonds is 1. The van der Waals surface area contributed by atoms with Crippen LogP contribution >= 0.6 is 0 Å². The Hall–Kier alpha value is -1.89. The summed E-state index contributed by atoms with van der Waals surface area (Å²) in [5.41, 5.74) is 4.44. The number of ketones is 1. The molecule has 2 aromatic rings. The van der Waals surface area contributed by atoms with Gasteiger partial charge in [-0.05, 0) is 24.5 Å². The van der Waals surface area contributed by atoms with Crippen LogP contribution in [0.4, 0.5) is 0 Å². The standard InChI is InChI=1S/C16H14O/c1-11-5-4-7-12(9-11)15-10-13-6-2-3-8-14(13)16(15)17/h2-9,15H,10H2,1H3. The number of hydrogen-bond acceptors (Lipinski definition) is 1. The zero-order chi connectivity index (χ0) is 11.8. The molecular formula is C16H14O. The molecular weight excluding hydrogens is 208 g/mol. The summed E-state index contributed by atoms with van der Waals surface area (Å²) in [7, 11) is 0. The van der Waals surface area contributed by atoms with E-state index in [1.165, 1.54) is 11.1 Å². The lowest BCUT2D eigenvalue weighted by atomic mass is 9.94. The molecule has 1 nitrogen and oxygen atoms in total. The summed E-state index contributed by atoms with van der Waals surface area (Å²) in [6.45, 7) is 2.07. The van der Waals surface area contributed by atoms with Crippen LogP contribution < -0.4 is 0 Å². The second-order valence-corrected chi connectivity index (χ2v) is 4.69. The molecule has 0 fully saturated rings. The van der Waals surface area contributed by atoms with Crippen molar-refractivity contribution in [3.63, 3.8) is 0 Å². The predicted molar refractivity (Wildman–Crippen MR) is 68.4 cm³/mol. The van der Waals surface area contributed by atoms with Crippen molar-refractivity contribution >= 4 is 5.78 Å². The van der Waals surface area contributed by atoms with Crippen LogP contribution in [0.5, 0.6) is 0 Å². The third-order valence-electron chi connectivity index (χ3n) is 3.47. The van der Waals surface area contributed by atoms with Gasteiger partial charge in [-0.25, -0.2) is 0 Å². The summed E-state index contributed by atoms with van der Waals surface area (Å²) in [4.78, 5) is 12.3. The SMILES string of the molecule is Cc1cccc(C2Cc3ccccc3C2=O)c1. The van der Waals surface area contributed by atoms with Crippen molar-refractivity contribution in [1.82, 2.24) is 0 Å². The molecule has 1 aliphatic rings. The van der Waals surface area contributed by atoms with E-state index in [-0.39, 0.29) is 11.7 Å². The van der Waals surface area contributed by atoms with E-state index in [9.17, 15) is 4.79 Å². The Bertz CT molecular complexity index is 584. The van der Waals surface area contributed by atoms with Crippen molar-refractivity contribution in [2.75, 3.05) is 0 Å². The minimum Gasteiger partial charge on any atom is -0.293 e. The fourth-order valence-corrected chi connectivity index (χ4v) is 2.60. The molecule has 0 aliphatic heterocycles. The van der Waals surface area contributed by atoms with Gasteiger partial charge in [-0.1, -0.05) is 54.1 Å². The Labute approximate surface area is 101 Å². The van der Waals surface area contributed by atoms with Crippen molar-refractivity contribution in [3.05, 3.63) is 70.8 Å². The first kappa shape index (κ1) is 10.3. The number of aryl methyl sites for hydroxylation is 1. The number of hydrogen-bond donors (Lipinski definition) is 0. The number of carbonyl (C=O) groups excluding carboxylic acids is 1. The van der Waals surface area contributed by atoms with E-state index in [0.29, 0.717) is 0 Å². The summed E-state index contributed by atoms with van der Waals surface area (Å²) in [6, 6.07) is 16.2. The molecule has 1 unspecified atom stereocenters. The molecule has 0 heterocycles. The lowest BCUT2D eigenvalue weighted by Gasteiger charge is -2.08. The first-order valence-corrected chi connectivity index (χ1v) is 5.94. The van der Waals surface area contributed by atoms with Gasteiger partial charge >= 0.3 is 0 Å². The Kier molecular flexibility index (Phi) is 2.32. The average Bonchev–Trinajstić information content (AvgIpc) is 2.68. The molecule has 0 N–H and O–H groups in total. The maximum absolute atomic E-state index is 12.3. The van der Waals surface area contributed by atoms with Gasteiger partial charge in [0.1, 0.15) is 0 Å². The fraction of sp³-hybridized carbons (Fsp3) is 0.188. The molecule has 0 radical (unpaired) electrons. The second kappa shape index (κ2) is 3.85. The molecule has 0 amide bonds. The van der Waals surface area contributed by atoms with Crippen molar-refractivity contribution < 1.29 is 4.79 Å². The third-order valence-corrected chi connectivity index (χ3v) is 3.47. The van der Waals surface area contributed by atoms with Gasteiger partial charge in [0.2, 0.25) is 0 Å². The summed E-state index contributed by atoms with van der Waals surface area (Å²) < 4.78 is 0. The lowest BCUT2D eigenvalue weighted by molar-refractivity contribution is 0.0973. The number of carbonyl (C=O) groups is 1. The van der Waals surface area contributed by atoms with Crippen molar-refractivity contribution in [2.45, 2.75) is 19.3 Å². The van der Waals surface area contributed by atoms with Gasteiger partial charge in [-0.3, -0.25) is 4.79 Å². The maximum atomic E-state index is 12.3. The predicted octanol–water partition coefficient (Wildman–Crippen LogP) is 3.52. The average molecular weight is 222 g/mol. The van der Waals surface area contributed by atoms with Gasteiger partial charge in [0.05, 0.1) is 5.92 Å². The van der Waals surface area contributed by atoms with Crippen LogP contribution in [0.15, 0.2) is 48.5 Å². The quantitative estimate of drug-likeness (QED) is 0.721. The third kappa shape index (κ3) is 1.68. The molecule has 17 heavy (non-hydrogen) atoms. The van der Waals surface area contributed by atoms with E-state index in [1.54, 1.807) is 0 Å². The molecule has 3 rings (SSSR count). The van der Waals surface area contributed by atoms with Gasteiger partial charge < -0.3 is 0 Å². The van der Waals surface area contributed by atoms with Gasteiger partial charge in [-0.2, -0.15) is 0 Å². The summed E-state index contributed by atoms with van der Waals surface area (Å²) >= 11 is 0. The topological polar surface area (TPSA) is 17.1 Å². The van der Waals surface area contributed by atoms with E-state index in [1.807, 2.05) is 24.3 Å². The van der Waals surface area contributed by atoms with Crippen LogP contribution in [0.1, 0.15) is 33.0 Å². The Morgan fingerprint density at radius 1 is 1.06 bits per heavy atom. The molecule has 0 bridgehead atoms. The fourth-order valence-electron chi connectivity index (χ4n) is 2.60. The maximum Gasteiger partial charge on any atom is 0.170 e. The highest BCUT2D eigenvalue weighted by Gasteiger charge is 2.30. The van der Waals surface area contributed by atoms with Gasteiger partial charge in [0.25, 0.3) is 0 Å². The monoisotopic (exact) mass is 222 g/mol. The number of benzene rings is 2. The van der Waals surface area contributed by atoms with Gasteiger partial charge in [-0.15, -0.1) is 0 Å². The van der Waals surface area contributed by atoms with E-state index in [2.05, 4.69) is 31.2 Å². The van der Waals surface area contributed by atoms with E-state index in [0.717, 1.165) is 17.5 Å². The largest absolute Gasteiger partial charge is 0.293 e. The first-order valence-electron chi connectivity index (χ1n) is 5.94. The van der Waals surface area contributed by atoms with Crippen molar-refractivity contribution in [3.8, 4) is 0 Å². The molecule has 1 heteroatoms. The molecule has 2 aromatic carbocycles. The molecule has 1 atom stereocenters. The van der Waals surface area contributed by atoms with E-state index >= 15 is 0 Å². The Balaban J connectivity index is 2.02. The summed E-state index contributed by atoms with van der Waals surface area (Å²) in [5.74, 6) is 0.290. The molecule has 0 aromatic heterocycles. The molecule has 0 saturated carbocycles. The molecule has 84 valence electrons. The Morgan fingerprint density at radius 3 is 2.65 bits per heavy atom. The van der Waals surface area contributed by atoms with E-state index < -0.39 is 0 Å². The van der Waals surface area contributed by atoms with Crippen LogP contribution in [0.2, 0.25) is 0 Å². The minimum absolute atomic E-state index is 0.0206. The normalized spacial score (nSPS) is 18.2. The van der Waals surface area contributed by atoms with Crippen LogP contribution in [0, 0.1) is 6.92 Å². The van der Waals surface area contributed by atoms with Gasteiger partial charge in [0, 0.05) is 5.56 Å². The number of fused-ring (bicyclic) bond motifs is 1. The second-order valence-electron chi connectivity index (χ2n) is 4.69. The zero-order valence-corrected chi connectivity index (χ0v) is 9.81. The minimum atomic E-state index is 0.0206. The van der Waals surface area contributed by atoms with Gasteiger partial charge in [0.15, 0.2) is 5.78 Å². The van der Waals surface area contributed by atoms with Crippen LogP contribution in [0.25, 0.3) is 0 Å². The van der Waals surface area contributed by atoms with Crippen LogP contribution in [0.3, 0.4) is 0 Å². The summed E-state index contributed by atoms with van der Waals surface area (Å²) in [5, 5.41) is 0. The van der Waals surface area contributed by atoms with Crippen molar-refractivity contribution in [1.29, 1.82) is 0 Å².